The second kappa shape index (κ2) is 5.83. The lowest BCUT2D eigenvalue weighted by atomic mass is 10.1. The topological polar surface area (TPSA) is 51.2 Å². The van der Waals surface area contributed by atoms with E-state index in [1.165, 1.54) is 22.7 Å². The number of fused-ring (bicyclic) bond motifs is 1. The summed E-state index contributed by atoms with van der Waals surface area (Å²) in [6.45, 7) is 2.43. The first-order chi connectivity index (χ1) is 10.2. The van der Waals surface area contributed by atoms with Crippen LogP contribution < -0.4 is 10.1 Å². The summed E-state index contributed by atoms with van der Waals surface area (Å²) in [4.78, 5) is 17.2. The lowest BCUT2D eigenvalue weighted by Crippen LogP contribution is -2.22. The summed E-state index contributed by atoms with van der Waals surface area (Å²) in [6, 6.07) is 5.87. The predicted molar refractivity (Wildman–Crippen MR) is 86.4 cm³/mol. The highest BCUT2D eigenvalue weighted by Crippen LogP contribution is 2.33. The highest BCUT2D eigenvalue weighted by molar-refractivity contribution is 7.21. The summed E-state index contributed by atoms with van der Waals surface area (Å²) in [6.07, 6.45) is 1.74. The number of methoxy groups -OCH3 is 1. The number of aryl methyl sites for hydroxylation is 1. The van der Waals surface area contributed by atoms with Crippen LogP contribution in [0.3, 0.4) is 0 Å². The molecule has 1 amide bonds. The van der Waals surface area contributed by atoms with Crippen molar-refractivity contribution >= 4 is 38.7 Å². The quantitative estimate of drug-likeness (QED) is 0.799. The van der Waals surface area contributed by atoms with Crippen LogP contribution in [0.4, 0.5) is 0 Å². The van der Waals surface area contributed by atoms with E-state index in [9.17, 15) is 4.79 Å². The van der Waals surface area contributed by atoms with Gasteiger partial charge in [-0.3, -0.25) is 4.79 Å². The Morgan fingerprint density at radius 3 is 3.00 bits per heavy atom. The molecule has 0 unspecified atom stereocenters. The lowest BCUT2D eigenvalue weighted by molar-refractivity contribution is 0.0954. The molecule has 3 aromatic rings. The van der Waals surface area contributed by atoms with Crippen LogP contribution in [-0.4, -0.2) is 18.0 Å². The molecule has 0 saturated heterocycles. The molecule has 4 nitrogen and oxygen atoms in total. The van der Waals surface area contributed by atoms with Gasteiger partial charge in [-0.15, -0.1) is 22.7 Å². The van der Waals surface area contributed by atoms with Crippen LogP contribution in [0.25, 0.3) is 10.1 Å². The number of hydrogen-bond acceptors (Lipinski definition) is 5. The summed E-state index contributed by atoms with van der Waals surface area (Å²) in [5.41, 5.74) is 0.991. The zero-order valence-electron chi connectivity index (χ0n) is 11.7. The van der Waals surface area contributed by atoms with Crippen LogP contribution >= 0.6 is 22.7 Å². The number of nitrogens with one attached hydrogen (secondary N) is 1. The van der Waals surface area contributed by atoms with E-state index in [0.29, 0.717) is 6.54 Å². The normalized spacial score (nSPS) is 10.8. The predicted octanol–water partition coefficient (Wildman–Crippen LogP) is 3.60. The highest BCUT2D eigenvalue weighted by Gasteiger charge is 2.16. The molecule has 0 saturated carbocycles. The Hall–Kier alpha value is -1.92. The average Bonchev–Trinajstić information content (AvgIpc) is 3.13. The summed E-state index contributed by atoms with van der Waals surface area (Å²) in [7, 11) is 1.64. The van der Waals surface area contributed by atoms with Crippen LogP contribution in [0.5, 0.6) is 5.75 Å². The number of thiophene rings is 1. The van der Waals surface area contributed by atoms with E-state index < -0.39 is 0 Å². The van der Waals surface area contributed by atoms with Crippen molar-refractivity contribution in [3.63, 3.8) is 0 Å². The zero-order valence-corrected chi connectivity index (χ0v) is 13.3. The van der Waals surface area contributed by atoms with Gasteiger partial charge in [0.2, 0.25) is 0 Å². The van der Waals surface area contributed by atoms with Crippen molar-refractivity contribution in [3.8, 4) is 5.75 Å². The minimum absolute atomic E-state index is 0.0529. The third kappa shape index (κ3) is 2.77. The molecule has 0 aliphatic heterocycles. The third-order valence-electron chi connectivity index (χ3n) is 3.23. The molecule has 0 fully saturated rings. The largest absolute Gasteiger partial charge is 0.497 e. The molecular weight excluding hydrogens is 304 g/mol. The summed E-state index contributed by atoms with van der Waals surface area (Å²) in [5.74, 6) is 0.751. The lowest BCUT2D eigenvalue weighted by Gasteiger charge is -2.02. The number of carbonyl (C=O) groups excluding carboxylic acids is 1. The van der Waals surface area contributed by atoms with E-state index in [-0.39, 0.29) is 5.91 Å². The molecule has 1 N–H and O–H groups in total. The number of nitrogens with zero attached hydrogens (tertiary/aromatic N) is 1. The van der Waals surface area contributed by atoms with Crippen molar-refractivity contribution in [3.05, 3.63) is 45.2 Å². The van der Waals surface area contributed by atoms with Crippen molar-refractivity contribution < 1.29 is 9.53 Å². The molecule has 0 atom stereocenters. The third-order valence-corrected chi connectivity index (χ3v) is 5.28. The van der Waals surface area contributed by atoms with Crippen molar-refractivity contribution in [2.75, 3.05) is 7.11 Å². The number of benzene rings is 1. The van der Waals surface area contributed by atoms with E-state index >= 15 is 0 Å². The van der Waals surface area contributed by atoms with Crippen molar-refractivity contribution in [1.29, 1.82) is 0 Å². The maximum atomic E-state index is 12.3. The Morgan fingerprint density at radius 2 is 2.29 bits per heavy atom. The van der Waals surface area contributed by atoms with Gasteiger partial charge in [0.15, 0.2) is 0 Å². The molecule has 108 valence electrons. The molecule has 0 aliphatic carbocycles. The van der Waals surface area contributed by atoms with E-state index in [4.69, 9.17) is 4.74 Å². The Morgan fingerprint density at radius 1 is 1.43 bits per heavy atom. The minimum atomic E-state index is -0.0529. The van der Waals surface area contributed by atoms with Gasteiger partial charge >= 0.3 is 0 Å². The fraction of sp³-hybridized carbons (Fsp3) is 0.200. The number of hydrogen-bond donors (Lipinski definition) is 1. The molecule has 0 spiro atoms. The maximum absolute atomic E-state index is 12.3. The van der Waals surface area contributed by atoms with E-state index in [2.05, 4.69) is 10.3 Å². The Kier molecular flexibility index (Phi) is 3.90. The Balaban J connectivity index is 1.85. The van der Waals surface area contributed by atoms with Crippen molar-refractivity contribution in [1.82, 2.24) is 10.3 Å². The van der Waals surface area contributed by atoms with Gasteiger partial charge in [-0.2, -0.15) is 0 Å². The zero-order chi connectivity index (χ0) is 14.8. The molecule has 3 rings (SSSR count). The number of ether oxygens (including phenoxy) is 1. The van der Waals surface area contributed by atoms with Gasteiger partial charge in [0.1, 0.15) is 10.8 Å². The molecule has 0 aliphatic rings. The van der Waals surface area contributed by atoms with E-state index in [1.54, 1.807) is 13.3 Å². The molecule has 2 aromatic heterocycles. The Labute approximate surface area is 130 Å². The van der Waals surface area contributed by atoms with E-state index in [1.807, 2.05) is 30.5 Å². The highest BCUT2D eigenvalue weighted by atomic mass is 32.1. The van der Waals surface area contributed by atoms with Crippen LogP contribution in [0.1, 0.15) is 20.2 Å². The fourth-order valence-corrected chi connectivity index (χ4v) is 3.78. The fourth-order valence-electron chi connectivity index (χ4n) is 2.12. The second-order valence-electron chi connectivity index (χ2n) is 4.53. The van der Waals surface area contributed by atoms with Crippen LogP contribution in [0.15, 0.2) is 29.8 Å². The SMILES string of the molecule is COc1ccc2sc(C(=O)NCc3nccs3)c(C)c2c1. The maximum Gasteiger partial charge on any atom is 0.262 e. The summed E-state index contributed by atoms with van der Waals surface area (Å²) in [5, 5.41) is 6.80. The number of rotatable bonds is 4. The number of amides is 1. The summed E-state index contributed by atoms with van der Waals surface area (Å²) < 4.78 is 6.33. The van der Waals surface area contributed by atoms with Gasteiger partial charge < -0.3 is 10.1 Å². The van der Waals surface area contributed by atoms with Gasteiger partial charge in [-0.1, -0.05) is 0 Å². The molecule has 1 aromatic carbocycles. The first kappa shape index (κ1) is 14.0. The molecule has 0 bridgehead atoms. The standard InChI is InChI=1S/C15H14N2O2S2/c1-9-11-7-10(19-2)3-4-12(11)21-14(9)15(18)17-8-13-16-5-6-20-13/h3-7H,8H2,1-2H3,(H,17,18). The average molecular weight is 318 g/mol. The number of carbonyl (C=O) groups is 1. The number of aromatic nitrogens is 1. The van der Waals surface area contributed by atoms with Crippen LogP contribution in [0, 0.1) is 6.92 Å². The van der Waals surface area contributed by atoms with Gasteiger partial charge in [0.05, 0.1) is 18.5 Å². The second-order valence-corrected chi connectivity index (χ2v) is 6.56. The summed E-state index contributed by atoms with van der Waals surface area (Å²) >= 11 is 3.04. The van der Waals surface area contributed by atoms with Crippen LogP contribution in [-0.2, 0) is 6.54 Å². The van der Waals surface area contributed by atoms with Crippen LogP contribution in [0.2, 0.25) is 0 Å². The molecule has 6 heteroatoms. The van der Waals surface area contributed by atoms with Gasteiger partial charge in [-0.05, 0) is 36.1 Å². The molecule has 2 heterocycles. The minimum Gasteiger partial charge on any atom is -0.497 e. The van der Waals surface area contributed by atoms with Gasteiger partial charge in [0.25, 0.3) is 5.91 Å². The monoisotopic (exact) mass is 318 g/mol. The number of thiazole rings is 1. The Bertz CT molecular complexity index is 778. The van der Waals surface area contributed by atoms with E-state index in [0.717, 1.165) is 31.3 Å². The first-order valence-corrected chi connectivity index (χ1v) is 8.12. The van der Waals surface area contributed by atoms with Gasteiger partial charge in [-0.25, -0.2) is 4.98 Å². The van der Waals surface area contributed by atoms with Gasteiger partial charge in [0, 0.05) is 16.3 Å². The van der Waals surface area contributed by atoms with Crippen molar-refractivity contribution in [2.45, 2.75) is 13.5 Å². The van der Waals surface area contributed by atoms with Crippen molar-refractivity contribution in [2.24, 2.45) is 0 Å². The molecule has 21 heavy (non-hydrogen) atoms. The smallest absolute Gasteiger partial charge is 0.262 e. The molecule has 0 radical (unpaired) electrons. The molecular formula is C15H14N2O2S2. The first-order valence-electron chi connectivity index (χ1n) is 6.42.